The van der Waals surface area contributed by atoms with Crippen LogP contribution in [0.2, 0.25) is 0 Å². The first-order valence-electron chi connectivity index (χ1n) is 11.5. The van der Waals surface area contributed by atoms with Crippen molar-refractivity contribution in [1.29, 1.82) is 0 Å². The molecule has 0 bridgehead atoms. The van der Waals surface area contributed by atoms with Gasteiger partial charge in [-0.25, -0.2) is 4.79 Å². The Bertz CT molecular complexity index is 1030. The summed E-state index contributed by atoms with van der Waals surface area (Å²) in [6.45, 7) is 7.31. The van der Waals surface area contributed by atoms with Crippen molar-refractivity contribution in [1.82, 2.24) is 9.80 Å². The van der Waals surface area contributed by atoms with Crippen LogP contribution in [0.25, 0.3) is 0 Å². The molecule has 7 nitrogen and oxygen atoms in total. The van der Waals surface area contributed by atoms with Crippen LogP contribution in [0.5, 0.6) is 0 Å². The fourth-order valence-corrected chi connectivity index (χ4v) is 4.50. The second kappa shape index (κ2) is 9.65. The van der Waals surface area contributed by atoms with Crippen LogP contribution in [-0.2, 0) is 20.9 Å². The van der Waals surface area contributed by atoms with E-state index in [4.69, 9.17) is 4.74 Å². The predicted molar refractivity (Wildman–Crippen MR) is 125 cm³/mol. The van der Waals surface area contributed by atoms with Gasteiger partial charge < -0.3 is 15.0 Å². The molecule has 1 N–H and O–H groups in total. The Morgan fingerprint density at radius 2 is 1.79 bits per heavy atom. The summed E-state index contributed by atoms with van der Waals surface area (Å²) in [5.41, 5.74) is 3.36. The summed E-state index contributed by atoms with van der Waals surface area (Å²) in [5, 5.41) is 2.76. The molecule has 2 aliphatic rings. The van der Waals surface area contributed by atoms with E-state index < -0.39 is 18.2 Å². The number of rotatable bonds is 5. The molecule has 0 unspecified atom stereocenters. The van der Waals surface area contributed by atoms with E-state index in [1.54, 1.807) is 23.1 Å². The zero-order valence-corrected chi connectivity index (χ0v) is 19.4. The molecule has 3 amide bonds. The van der Waals surface area contributed by atoms with E-state index in [1.807, 2.05) is 42.2 Å². The molecule has 4 rings (SSSR count). The summed E-state index contributed by atoms with van der Waals surface area (Å²) in [6, 6.07) is 14.3. The number of carbonyl (C=O) groups excluding carboxylic acids is 3. The smallest absolute Gasteiger partial charge is 0.411 e. The molecular weight excluding hydrogens is 418 g/mol. The van der Waals surface area contributed by atoms with Crippen LogP contribution >= 0.6 is 0 Å². The Morgan fingerprint density at radius 1 is 1.09 bits per heavy atom. The SMILES string of the molecule is CC(=O)Nc1cccc([C@@H]2OC(=O)N(Cc3ccc(C)cc3)[C@@H]2C(=O)N2CCC(C)CC2)c1. The Hall–Kier alpha value is -3.35. The molecule has 2 atom stereocenters. The molecule has 2 heterocycles. The van der Waals surface area contributed by atoms with E-state index in [2.05, 4.69) is 12.2 Å². The highest BCUT2D eigenvalue weighted by Crippen LogP contribution is 2.36. The van der Waals surface area contributed by atoms with Crippen molar-refractivity contribution in [3.8, 4) is 0 Å². The van der Waals surface area contributed by atoms with Crippen LogP contribution in [0.1, 0.15) is 49.5 Å². The number of nitrogens with zero attached hydrogens (tertiary/aromatic N) is 2. The normalized spacial score (nSPS) is 21.1. The molecule has 7 heteroatoms. The van der Waals surface area contributed by atoms with Crippen LogP contribution in [-0.4, -0.2) is 46.8 Å². The third-order valence-electron chi connectivity index (χ3n) is 6.44. The maximum Gasteiger partial charge on any atom is 0.411 e. The molecule has 2 aromatic rings. The lowest BCUT2D eigenvalue weighted by Crippen LogP contribution is -2.50. The van der Waals surface area contributed by atoms with Crippen LogP contribution in [0.15, 0.2) is 48.5 Å². The standard InChI is InChI=1S/C26H31N3O4/c1-17-7-9-20(10-8-17)16-29-23(25(31)28-13-11-18(2)12-14-28)24(33-26(29)32)21-5-4-6-22(15-21)27-19(3)30/h4-10,15,18,23-24H,11-14,16H2,1-3H3,(H,27,30)/t23-,24-/m0/s1. The van der Waals surface area contributed by atoms with Gasteiger partial charge in [0, 0.05) is 25.7 Å². The second-order valence-corrected chi connectivity index (χ2v) is 9.18. The number of amides is 3. The first-order chi connectivity index (χ1) is 15.8. The third kappa shape index (κ3) is 5.18. The molecule has 0 spiro atoms. The van der Waals surface area contributed by atoms with Crippen molar-refractivity contribution in [3.05, 3.63) is 65.2 Å². The number of anilines is 1. The molecule has 33 heavy (non-hydrogen) atoms. The highest BCUT2D eigenvalue weighted by Gasteiger charge is 2.48. The number of piperidine rings is 1. The topological polar surface area (TPSA) is 79.0 Å². The van der Waals surface area contributed by atoms with Crippen molar-refractivity contribution in [2.24, 2.45) is 5.92 Å². The molecule has 0 aliphatic carbocycles. The molecule has 0 saturated carbocycles. The molecule has 2 aliphatic heterocycles. The number of benzene rings is 2. The van der Waals surface area contributed by atoms with Gasteiger partial charge in [-0.2, -0.15) is 0 Å². The number of ether oxygens (including phenoxy) is 1. The van der Waals surface area contributed by atoms with Gasteiger partial charge in [0.05, 0.1) is 6.54 Å². The summed E-state index contributed by atoms with van der Waals surface area (Å²) < 4.78 is 5.79. The minimum absolute atomic E-state index is 0.0882. The fourth-order valence-electron chi connectivity index (χ4n) is 4.50. The van der Waals surface area contributed by atoms with Crippen molar-refractivity contribution in [2.75, 3.05) is 18.4 Å². The Labute approximate surface area is 194 Å². The molecule has 2 aromatic carbocycles. The van der Waals surface area contributed by atoms with Crippen LogP contribution in [0, 0.1) is 12.8 Å². The molecule has 2 fully saturated rings. The zero-order valence-electron chi connectivity index (χ0n) is 19.4. The fraction of sp³-hybridized carbons (Fsp3) is 0.423. The van der Waals surface area contributed by atoms with Gasteiger partial charge >= 0.3 is 6.09 Å². The highest BCUT2D eigenvalue weighted by molar-refractivity contribution is 5.90. The Morgan fingerprint density at radius 3 is 2.45 bits per heavy atom. The van der Waals surface area contributed by atoms with Crippen LogP contribution in [0.3, 0.4) is 0 Å². The van der Waals surface area contributed by atoms with E-state index >= 15 is 0 Å². The van der Waals surface area contributed by atoms with Gasteiger partial charge in [-0.3, -0.25) is 14.5 Å². The summed E-state index contributed by atoms with van der Waals surface area (Å²) in [6.07, 6.45) is 0.652. The number of hydrogen-bond acceptors (Lipinski definition) is 4. The highest BCUT2D eigenvalue weighted by atomic mass is 16.6. The number of carbonyl (C=O) groups is 3. The summed E-state index contributed by atoms with van der Waals surface area (Å²) in [7, 11) is 0. The van der Waals surface area contributed by atoms with E-state index in [0.29, 0.717) is 36.8 Å². The zero-order chi connectivity index (χ0) is 23.5. The van der Waals surface area contributed by atoms with Crippen molar-refractivity contribution < 1.29 is 19.1 Å². The van der Waals surface area contributed by atoms with Crippen molar-refractivity contribution in [2.45, 2.75) is 52.3 Å². The number of aryl methyl sites for hydroxylation is 1. The van der Waals surface area contributed by atoms with Crippen LogP contribution < -0.4 is 5.32 Å². The van der Waals surface area contributed by atoms with Gasteiger partial charge in [-0.05, 0) is 48.9 Å². The number of cyclic esters (lactones) is 1. The molecular formula is C26H31N3O4. The first kappa shape index (κ1) is 22.8. The van der Waals surface area contributed by atoms with Crippen molar-refractivity contribution >= 4 is 23.6 Å². The summed E-state index contributed by atoms with van der Waals surface area (Å²) in [4.78, 5) is 41.7. The lowest BCUT2D eigenvalue weighted by Gasteiger charge is -2.34. The number of nitrogens with one attached hydrogen (secondary N) is 1. The predicted octanol–water partition coefficient (Wildman–Crippen LogP) is 4.27. The molecule has 0 aromatic heterocycles. The van der Waals surface area contributed by atoms with Crippen molar-refractivity contribution in [3.63, 3.8) is 0 Å². The molecule has 174 valence electrons. The number of hydrogen-bond donors (Lipinski definition) is 1. The quantitative estimate of drug-likeness (QED) is 0.739. The van der Waals surface area contributed by atoms with Gasteiger partial charge in [0.25, 0.3) is 0 Å². The minimum atomic E-state index is -0.764. The average Bonchev–Trinajstić information content (AvgIpc) is 3.11. The number of likely N-dealkylation sites (tertiary alicyclic amines) is 1. The van der Waals surface area contributed by atoms with E-state index in [9.17, 15) is 14.4 Å². The van der Waals surface area contributed by atoms with Gasteiger partial charge in [0.15, 0.2) is 12.1 Å². The monoisotopic (exact) mass is 449 g/mol. The maximum atomic E-state index is 13.7. The molecule has 0 radical (unpaired) electrons. The van der Waals surface area contributed by atoms with Crippen LogP contribution in [0.4, 0.5) is 10.5 Å². The Kier molecular flexibility index (Phi) is 6.67. The second-order valence-electron chi connectivity index (χ2n) is 9.18. The Balaban J connectivity index is 1.66. The average molecular weight is 450 g/mol. The third-order valence-corrected chi connectivity index (χ3v) is 6.44. The van der Waals surface area contributed by atoms with E-state index in [-0.39, 0.29) is 11.8 Å². The first-order valence-corrected chi connectivity index (χ1v) is 11.5. The lowest BCUT2D eigenvalue weighted by molar-refractivity contribution is -0.138. The van der Waals surface area contributed by atoms with Gasteiger partial charge in [-0.15, -0.1) is 0 Å². The largest absolute Gasteiger partial charge is 0.438 e. The van der Waals surface area contributed by atoms with E-state index in [0.717, 1.165) is 24.0 Å². The minimum Gasteiger partial charge on any atom is -0.438 e. The van der Waals surface area contributed by atoms with E-state index in [1.165, 1.54) is 6.92 Å². The van der Waals surface area contributed by atoms with Gasteiger partial charge in [0.2, 0.25) is 11.8 Å². The maximum absolute atomic E-state index is 13.7. The lowest BCUT2D eigenvalue weighted by atomic mass is 9.96. The summed E-state index contributed by atoms with van der Waals surface area (Å²) in [5.74, 6) is 0.311. The van der Waals surface area contributed by atoms with Gasteiger partial charge in [0.1, 0.15) is 0 Å². The van der Waals surface area contributed by atoms with Gasteiger partial charge in [-0.1, -0.05) is 48.9 Å². The summed E-state index contributed by atoms with van der Waals surface area (Å²) >= 11 is 0. The molecule has 2 saturated heterocycles.